The summed E-state index contributed by atoms with van der Waals surface area (Å²) in [6, 6.07) is 0. The molecule has 0 radical (unpaired) electrons. The molecule has 4 heteroatoms. The Morgan fingerprint density at radius 1 is 1.64 bits per heavy atom. The number of alkyl carbamates (subject to hydrolysis) is 1. The van der Waals surface area contributed by atoms with Crippen LogP contribution in [0.2, 0.25) is 0 Å². The standard InChI is InChI=1S/C10H20N2O2/c1-8(2)14-9(13)11-7-10(3)5-4-6-12-10/h8,12H,4-7H2,1-3H3,(H,11,13). The van der Waals surface area contributed by atoms with Crippen LogP contribution in [0.15, 0.2) is 0 Å². The normalized spacial score (nSPS) is 26.6. The van der Waals surface area contributed by atoms with Gasteiger partial charge in [-0.3, -0.25) is 0 Å². The Morgan fingerprint density at radius 3 is 2.86 bits per heavy atom. The van der Waals surface area contributed by atoms with Gasteiger partial charge < -0.3 is 15.4 Å². The van der Waals surface area contributed by atoms with Crippen LogP contribution in [0.25, 0.3) is 0 Å². The van der Waals surface area contributed by atoms with Crippen LogP contribution in [0.1, 0.15) is 33.6 Å². The van der Waals surface area contributed by atoms with Gasteiger partial charge in [-0.1, -0.05) is 0 Å². The maximum absolute atomic E-state index is 11.2. The van der Waals surface area contributed by atoms with E-state index in [0.29, 0.717) is 6.54 Å². The smallest absolute Gasteiger partial charge is 0.407 e. The Bertz CT molecular complexity index is 198. The first-order chi connectivity index (χ1) is 6.52. The summed E-state index contributed by atoms with van der Waals surface area (Å²) in [5.41, 5.74) is 0.0516. The molecule has 1 heterocycles. The van der Waals surface area contributed by atoms with Crippen molar-refractivity contribution in [1.29, 1.82) is 0 Å². The number of carbonyl (C=O) groups excluding carboxylic acids is 1. The molecule has 0 saturated carbocycles. The molecule has 2 N–H and O–H groups in total. The Kier molecular flexibility index (Phi) is 3.75. The summed E-state index contributed by atoms with van der Waals surface area (Å²) in [6.45, 7) is 7.48. The van der Waals surface area contributed by atoms with Crippen molar-refractivity contribution in [2.75, 3.05) is 13.1 Å². The molecule has 1 rings (SSSR count). The van der Waals surface area contributed by atoms with E-state index in [1.165, 1.54) is 6.42 Å². The lowest BCUT2D eigenvalue weighted by Crippen LogP contribution is -2.47. The lowest BCUT2D eigenvalue weighted by Gasteiger charge is -2.24. The van der Waals surface area contributed by atoms with E-state index in [-0.39, 0.29) is 17.7 Å². The molecule has 0 spiro atoms. The van der Waals surface area contributed by atoms with Gasteiger partial charge in [0.25, 0.3) is 0 Å². The van der Waals surface area contributed by atoms with Gasteiger partial charge in [-0.25, -0.2) is 4.79 Å². The van der Waals surface area contributed by atoms with Gasteiger partial charge in [-0.2, -0.15) is 0 Å². The van der Waals surface area contributed by atoms with Crippen molar-refractivity contribution in [1.82, 2.24) is 10.6 Å². The molecule has 1 aliphatic heterocycles. The predicted octanol–water partition coefficient (Wildman–Crippen LogP) is 1.26. The van der Waals surface area contributed by atoms with Crippen LogP contribution in [-0.4, -0.2) is 30.8 Å². The highest BCUT2D eigenvalue weighted by Crippen LogP contribution is 2.16. The van der Waals surface area contributed by atoms with Gasteiger partial charge in [-0.15, -0.1) is 0 Å². The molecular weight excluding hydrogens is 180 g/mol. The number of amides is 1. The minimum atomic E-state index is -0.324. The van der Waals surface area contributed by atoms with E-state index in [9.17, 15) is 4.79 Å². The molecule has 1 amide bonds. The zero-order valence-corrected chi connectivity index (χ0v) is 9.22. The molecule has 82 valence electrons. The summed E-state index contributed by atoms with van der Waals surface area (Å²) in [6.07, 6.45) is 1.90. The summed E-state index contributed by atoms with van der Waals surface area (Å²) in [5.74, 6) is 0. The summed E-state index contributed by atoms with van der Waals surface area (Å²) < 4.78 is 4.98. The number of nitrogens with one attached hydrogen (secondary N) is 2. The fraction of sp³-hybridized carbons (Fsp3) is 0.900. The molecule has 1 fully saturated rings. The first kappa shape index (κ1) is 11.3. The molecule has 1 atom stereocenters. The van der Waals surface area contributed by atoms with Crippen LogP contribution < -0.4 is 10.6 Å². The van der Waals surface area contributed by atoms with E-state index in [1.807, 2.05) is 13.8 Å². The topological polar surface area (TPSA) is 50.4 Å². The monoisotopic (exact) mass is 200 g/mol. The highest BCUT2D eigenvalue weighted by atomic mass is 16.6. The Balaban J connectivity index is 2.22. The highest BCUT2D eigenvalue weighted by molar-refractivity contribution is 5.67. The van der Waals surface area contributed by atoms with Gasteiger partial charge in [0.05, 0.1) is 6.10 Å². The molecule has 1 unspecified atom stereocenters. The summed E-state index contributed by atoms with van der Waals surface area (Å²) in [4.78, 5) is 11.2. The molecule has 0 aliphatic carbocycles. The number of ether oxygens (including phenoxy) is 1. The van der Waals surface area contributed by atoms with Crippen LogP contribution in [0, 0.1) is 0 Å². The van der Waals surface area contributed by atoms with E-state index in [1.54, 1.807) is 0 Å². The third-order valence-electron chi connectivity index (χ3n) is 2.42. The van der Waals surface area contributed by atoms with Crippen molar-refractivity contribution < 1.29 is 9.53 Å². The average Bonchev–Trinajstić information content (AvgIpc) is 2.49. The van der Waals surface area contributed by atoms with Gasteiger partial charge >= 0.3 is 6.09 Å². The van der Waals surface area contributed by atoms with E-state index < -0.39 is 0 Å². The van der Waals surface area contributed by atoms with Crippen LogP contribution >= 0.6 is 0 Å². The van der Waals surface area contributed by atoms with Gasteiger partial charge in [-0.05, 0) is 40.2 Å². The van der Waals surface area contributed by atoms with Crippen LogP contribution in [-0.2, 0) is 4.74 Å². The second kappa shape index (κ2) is 4.64. The zero-order chi connectivity index (χ0) is 10.6. The second-order valence-corrected chi connectivity index (χ2v) is 4.40. The fourth-order valence-corrected chi connectivity index (χ4v) is 1.63. The third-order valence-corrected chi connectivity index (χ3v) is 2.42. The minimum absolute atomic E-state index is 0.0516. The van der Waals surface area contributed by atoms with E-state index >= 15 is 0 Å². The fourth-order valence-electron chi connectivity index (χ4n) is 1.63. The maximum Gasteiger partial charge on any atom is 0.407 e. The van der Waals surface area contributed by atoms with E-state index in [2.05, 4.69) is 17.6 Å². The van der Waals surface area contributed by atoms with Crippen LogP contribution in [0.5, 0.6) is 0 Å². The Labute approximate surface area is 85.4 Å². The van der Waals surface area contributed by atoms with Gasteiger partial charge in [0.15, 0.2) is 0 Å². The van der Waals surface area contributed by atoms with E-state index in [0.717, 1.165) is 13.0 Å². The minimum Gasteiger partial charge on any atom is -0.447 e. The maximum atomic E-state index is 11.2. The van der Waals surface area contributed by atoms with Gasteiger partial charge in [0.2, 0.25) is 0 Å². The Hall–Kier alpha value is -0.770. The lowest BCUT2D eigenvalue weighted by atomic mass is 10.0. The van der Waals surface area contributed by atoms with Crippen LogP contribution in [0.3, 0.4) is 0 Å². The molecule has 0 aromatic heterocycles. The van der Waals surface area contributed by atoms with Crippen LogP contribution in [0.4, 0.5) is 4.79 Å². The summed E-state index contributed by atoms with van der Waals surface area (Å²) >= 11 is 0. The molecule has 4 nitrogen and oxygen atoms in total. The zero-order valence-electron chi connectivity index (χ0n) is 9.22. The second-order valence-electron chi connectivity index (χ2n) is 4.40. The Morgan fingerprint density at radius 2 is 2.36 bits per heavy atom. The lowest BCUT2D eigenvalue weighted by molar-refractivity contribution is 0.113. The van der Waals surface area contributed by atoms with Crippen molar-refractivity contribution in [3.05, 3.63) is 0 Å². The number of rotatable bonds is 3. The molecule has 0 bridgehead atoms. The van der Waals surface area contributed by atoms with Gasteiger partial charge in [0, 0.05) is 12.1 Å². The molecule has 1 aliphatic rings. The van der Waals surface area contributed by atoms with Crippen molar-refractivity contribution in [3.8, 4) is 0 Å². The number of carbonyl (C=O) groups is 1. The highest BCUT2D eigenvalue weighted by Gasteiger charge is 2.28. The van der Waals surface area contributed by atoms with Crippen molar-refractivity contribution >= 4 is 6.09 Å². The van der Waals surface area contributed by atoms with E-state index in [4.69, 9.17) is 4.74 Å². The molecule has 1 saturated heterocycles. The SMILES string of the molecule is CC(C)OC(=O)NCC1(C)CCCN1. The quantitative estimate of drug-likeness (QED) is 0.721. The van der Waals surface area contributed by atoms with Crippen molar-refractivity contribution in [3.63, 3.8) is 0 Å². The van der Waals surface area contributed by atoms with Gasteiger partial charge in [0.1, 0.15) is 0 Å². The number of hydrogen-bond donors (Lipinski definition) is 2. The average molecular weight is 200 g/mol. The molecule has 14 heavy (non-hydrogen) atoms. The molecule has 0 aromatic carbocycles. The largest absolute Gasteiger partial charge is 0.447 e. The molecular formula is C10H20N2O2. The summed E-state index contributed by atoms with van der Waals surface area (Å²) in [7, 11) is 0. The van der Waals surface area contributed by atoms with Crippen molar-refractivity contribution in [2.45, 2.75) is 45.3 Å². The first-order valence-corrected chi connectivity index (χ1v) is 5.21. The predicted molar refractivity (Wildman–Crippen MR) is 55.3 cm³/mol. The molecule has 0 aromatic rings. The summed E-state index contributed by atoms with van der Waals surface area (Å²) in [5, 5.41) is 6.14. The van der Waals surface area contributed by atoms with Crippen molar-refractivity contribution in [2.24, 2.45) is 0 Å². The number of hydrogen-bond acceptors (Lipinski definition) is 3. The first-order valence-electron chi connectivity index (χ1n) is 5.21. The third kappa shape index (κ3) is 3.54.